The number of aliphatic hydroxyl groups is 1. The maximum atomic E-state index is 15.5. The number of nitriles is 1. The number of aromatic nitrogens is 2. The minimum absolute atomic E-state index is 0.00686. The van der Waals surface area contributed by atoms with Gasteiger partial charge in [-0.25, -0.2) is 13.5 Å². The van der Waals surface area contributed by atoms with Gasteiger partial charge in [0.15, 0.2) is 11.4 Å². The number of ketones is 1. The van der Waals surface area contributed by atoms with Gasteiger partial charge < -0.3 is 21.5 Å². The number of nitrogens with zero attached hydrogens (tertiary/aromatic N) is 5. The summed E-state index contributed by atoms with van der Waals surface area (Å²) in [5.74, 6) is -2.80. The van der Waals surface area contributed by atoms with Gasteiger partial charge in [0, 0.05) is 36.8 Å². The second-order valence-corrected chi connectivity index (χ2v) is 9.32. The van der Waals surface area contributed by atoms with Crippen LogP contribution in [0.25, 0.3) is 11.3 Å². The largest absolute Gasteiger partial charge is 0.511 e. The molecule has 1 aliphatic rings. The van der Waals surface area contributed by atoms with Crippen LogP contribution in [0.1, 0.15) is 47.3 Å². The van der Waals surface area contributed by atoms with Gasteiger partial charge in [-0.05, 0) is 44.0 Å². The van der Waals surface area contributed by atoms with Gasteiger partial charge >= 0.3 is 0 Å². The molecule has 0 bridgehead atoms. The summed E-state index contributed by atoms with van der Waals surface area (Å²) in [6.45, 7) is 1.76. The first-order chi connectivity index (χ1) is 19.1. The van der Waals surface area contributed by atoms with Crippen LogP contribution in [0.4, 0.5) is 14.6 Å². The lowest BCUT2D eigenvalue weighted by molar-refractivity contribution is -0.128. The Balaban J connectivity index is 1.73. The number of nitrogen functional groups attached to an aromatic ring is 1. The van der Waals surface area contributed by atoms with E-state index >= 15 is 4.39 Å². The molecule has 5 N–H and O–H groups in total. The first-order valence-corrected chi connectivity index (χ1v) is 12.4. The zero-order chi connectivity index (χ0) is 29.1. The molecule has 12 heteroatoms. The smallest absolute Gasteiger partial charge is 0.268 e. The van der Waals surface area contributed by atoms with Crippen LogP contribution >= 0.6 is 0 Å². The van der Waals surface area contributed by atoms with E-state index in [9.17, 15) is 24.3 Å². The highest BCUT2D eigenvalue weighted by Gasteiger charge is 2.32. The number of likely N-dealkylation sites (tertiary alicyclic amines) is 1. The summed E-state index contributed by atoms with van der Waals surface area (Å²) in [4.78, 5) is 31.0. The molecule has 3 aromatic rings. The van der Waals surface area contributed by atoms with Gasteiger partial charge in [0.25, 0.3) is 5.91 Å². The highest BCUT2D eigenvalue weighted by atomic mass is 19.1. The highest BCUT2D eigenvalue weighted by molar-refractivity contribution is 6.10. The number of anilines is 1. The zero-order valence-electron chi connectivity index (χ0n) is 21.9. The molecule has 2 aromatic carbocycles. The van der Waals surface area contributed by atoms with E-state index in [0.717, 1.165) is 12.1 Å². The molecule has 1 aromatic heterocycles. The van der Waals surface area contributed by atoms with Crippen LogP contribution in [-0.2, 0) is 4.79 Å². The Labute approximate surface area is 228 Å². The van der Waals surface area contributed by atoms with E-state index in [4.69, 9.17) is 11.5 Å². The molecule has 1 fully saturated rings. The molecule has 10 nitrogen and oxygen atoms in total. The number of hydrogen-bond acceptors (Lipinski definition) is 7. The number of hydrogen-bond donors (Lipinski definition) is 3. The summed E-state index contributed by atoms with van der Waals surface area (Å²) in [5.41, 5.74) is 12.6. The van der Waals surface area contributed by atoms with Crippen LogP contribution < -0.4 is 11.5 Å². The number of aliphatic hydroxyl groups excluding tert-OH is 1. The van der Waals surface area contributed by atoms with E-state index < -0.39 is 29.4 Å². The number of piperidine rings is 1. The third-order valence-electron chi connectivity index (χ3n) is 6.73. The Bertz CT molecular complexity index is 1600. The fourth-order valence-electron chi connectivity index (χ4n) is 4.70. The van der Waals surface area contributed by atoms with Crippen LogP contribution in [-0.4, -0.2) is 57.5 Å². The monoisotopic (exact) mass is 547 g/mol. The quantitative estimate of drug-likeness (QED) is 0.106. The molecule has 206 valence electrons. The van der Waals surface area contributed by atoms with Crippen LogP contribution in [0.5, 0.6) is 0 Å². The molecule has 40 heavy (non-hydrogen) atoms. The Morgan fingerprint density at radius 1 is 1.20 bits per heavy atom. The van der Waals surface area contributed by atoms with Crippen molar-refractivity contribution in [3.8, 4) is 17.3 Å². The maximum Gasteiger partial charge on any atom is 0.268 e. The number of nitrogens with two attached hydrogens (primary N) is 2. The number of aliphatic imine (C=N–C) groups is 1. The average Bonchev–Trinajstić information content (AvgIpc) is 3.28. The summed E-state index contributed by atoms with van der Waals surface area (Å²) in [7, 11) is 1.45. The lowest BCUT2D eigenvalue weighted by atomic mass is 9.99. The van der Waals surface area contributed by atoms with Crippen LogP contribution in [0, 0.1) is 23.0 Å². The van der Waals surface area contributed by atoms with Crippen LogP contribution in [0.15, 0.2) is 58.8 Å². The molecular weight excluding hydrogens is 520 g/mol. The molecular formula is C28H27F2N7O3. The summed E-state index contributed by atoms with van der Waals surface area (Å²) in [5, 5.41) is 23.6. The number of allylic oxidation sites excluding steroid dienone is 1. The molecule has 1 amide bonds. The molecule has 1 aliphatic heterocycles. The topological polar surface area (TPSA) is 164 Å². The third-order valence-corrected chi connectivity index (χ3v) is 6.73. The number of benzene rings is 2. The van der Waals surface area contributed by atoms with E-state index in [0.29, 0.717) is 19.4 Å². The van der Waals surface area contributed by atoms with E-state index in [1.807, 2.05) is 0 Å². The summed E-state index contributed by atoms with van der Waals surface area (Å²) in [6, 6.07) is 10.2. The molecule has 1 saturated heterocycles. The minimum Gasteiger partial charge on any atom is -0.511 e. The van der Waals surface area contributed by atoms with Gasteiger partial charge in [0.05, 0.1) is 11.6 Å². The van der Waals surface area contributed by atoms with Crippen molar-refractivity contribution in [2.24, 2.45) is 10.7 Å². The Morgan fingerprint density at radius 2 is 1.93 bits per heavy atom. The van der Waals surface area contributed by atoms with Crippen molar-refractivity contribution in [2.45, 2.75) is 25.8 Å². The van der Waals surface area contributed by atoms with Gasteiger partial charge in [-0.15, -0.1) is 0 Å². The van der Waals surface area contributed by atoms with Crippen molar-refractivity contribution in [1.82, 2.24) is 14.7 Å². The van der Waals surface area contributed by atoms with Crippen molar-refractivity contribution in [3.63, 3.8) is 0 Å². The molecule has 4 rings (SSSR count). The number of amides is 1. The number of amidine groups is 1. The second kappa shape index (κ2) is 11.4. The predicted molar refractivity (Wildman–Crippen MR) is 144 cm³/mol. The molecule has 1 unspecified atom stereocenters. The molecule has 0 radical (unpaired) electrons. The lowest BCUT2D eigenvalue weighted by Gasteiger charge is -2.33. The first-order valence-electron chi connectivity index (χ1n) is 12.4. The van der Waals surface area contributed by atoms with Crippen molar-refractivity contribution >= 4 is 23.3 Å². The van der Waals surface area contributed by atoms with E-state index in [-0.39, 0.29) is 57.5 Å². The predicted octanol–water partition coefficient (Wildman–Crippen LogP) is 3.50. The van der Waals surface area contributed by atoms with Crippen molar-refractivity contribution in [1.29, 1.82) is 5.26 Å². The molecule has 0 aliphatic carbocycles. The van der Waals surface area contributed by atoms with Gasteiger partial charge in [0.1, 0.15) is 40.8 Å². The number of carbonyl (C=O) groups excluding carboxylic acids is 2. The normalized spacial score (nSPS) is 16.3. The zero-order valence-corrected chi connectivity index (χ0v) is 21.9. The third kappa shape index (κ3) is 5.26. The van der Waals surface area contributed by atoms with Gasteiger partial charge in [-0.3, -0.25) is 14.6 Å². The number of rotatable bonds is 6. The Kier molecular flexibility index (Phi) is 7.95. The maximum absolute atomic E-state index is 15.5. The van der Waals surface area contributed by atoms with E-state index in [2.05, 4.69) is 10.1 Å². The number of carbonyl (C=O) groups is 2. The Morgan fingerprint density at radius 3 is 2.55 bits per heavy atom. The van der Waals surface area contributed by atoms with Gasteiger partial charge in [-0.2, -0.15) is 10.4 Å². The van der Waals surface area contributed by atoms with Crippen LogP contribution in [0.3, 0.4) is 0 Å². The molecule has 0 saturated carbocycles. The minimum atomic E-state index is -0.778. The van der Waals surface area contributed by atoms with Crippen molar-refractivity contribution in [2.75, 3.05) is 25.9 Å². The molecule has 1 atom stereocenters. The van der Waals surface area contributed by atoms with E-state index in [1.165, 1.54) is 53.9 Å². The molecule has 2 heterocycles. The van der Waals surface area contributed by atoms with Gasteiger partial charge in [0.2, 0.25) is 0 Å². The second-order valence-electron chi connectivity index (χ2n) is 9.32. The van der Waals surface area contributed by atoms with E-state index in [1.54, 1.807) is 6.07 Å². The number of halogens is 2. The van der Waals surface area contributed by atoms with Crippen LogP contribution in [0.2, 0.25) is 0 Å². The van der Waals surface area contributed by atoms with Crippen molar-refractivity contribution in [3.05, 3.63) is 82.1 Å². The highest BCUT2D eigenvalue weighted by Crippen LogP contribution is 2.34. The fourth-order valence-corrected chi connectivity index (χ4v) is 4.70. The average molecular weight is 548 g/mol. The Hall–Kier alpha value is -5.05. The standard InChI is InChI=1S/C28H27F2N7O3/c1-15(38)21(13-31)28(40)36-10-4-7-19(14-36)37-27(33)23(26(32)34-2)24(35-37)20-9-8-17(12-22(20)30)25(39)16-5-3-6-18(29)11-16/h3,5-6,8-9,11-12,19,38H,4,7,10,14,33H2,1-2H3,(H2,32,34)/b21-15+. The van der Waals surface area contributed by atoms with Gasteiger partial charge in [-0.1, -0.05) is 18.2 Å². The summed E-state index contributed by atoms with van der Waals surface area (Å²) < 4.78 is 30.5. The summed E-state index contributed by atoms with van der Waals surface area (Å²) in [6.07, 6.45) is 1.14. The SMILES string of the molecule is CN=C(N)c1c(-c2ccc(C(=O)c3cccc(F)c3)cc2F)nn(C2CCCN(C(=O)/C(C#N)=C(\C)O)C2)c1N. The summed E-state index contributed by atoms with van der Waals surface area (Å²) >= 11 is 0. The first kappa shape index (κ1) is 28.0. The molecule has 0 spiro atoms. The lowest BCUT2D eigenvalue weighted by Crippen LogP contribution is -2.42. The van der Waals surface area contributed by atoms with Crippen molar-refractivity contribution < 1.29 is 23.5 Å². The fraction of sp³-hybridized carbons (Fsp3) is 0.250.